The van der Waals surface area contributed by atoms with Gasteiger partial charge in [0.25, 0.3) is 0 Å². The first-order valence-corrected chi connectivity index (χ1v) is 6.94. The van der Waals surface area contributed by atoms with Crippen LogP contribution in [-0.2, 0) is 13.7 Å². The zero-order valence-electron chi connectivity index (χ0n) is 11.6. The molecule has 1 aromatic heterocycles. The largest absolute Gasteiger partial charge is 0.489 e. The molecular formula is C17H16ClNO. The maximum absolute atomic E-state index is 6.08. The average Bonchev–Trinajstić information content (AvgIpc) is 2.74. The minimum absolute atomic E-state index is 0.542. The normalized spacial score (nSPS) is 10.9. The number of hydrogen-bond acceptors (Lipinski definition) is 1. The van der Waals surface area contributed by atoms with Crippen molar-refractivity contribution >= 4 is 22.5 Å². The van der Waals surface area contributed by atoms with Gasteiger partial charge in [0.1, 0.15) is 12.4 Å². The smallest absolute Gasteiger partial charge is 0.119 e. The van der Waals surface area contributed by atoms with Crippen molar-refractivity contribution in [2.45, 2.75) is 13.5 Å². The molecule has 1 heterocycles. The van der Waals surface area contributed by atoms with Crippen LogP contribution in [0.25, 0.3) is 10.9 Å². The summed E-state index contributed by atoms with van der Waals surface area (Å²) in [4.78, 5) is 0. The third-order valence-corrected chi connectivity index (χ3v) is 3.68. The average molecular weight is 286 g/mol. The van der Waals surface area contributed by atoms with Gasteiger partial charge in [0.15, 0.2) is 0 Å². The number of hydrogen-bond donors (Lipinski definition) is 0. The van der Waals surface area contributed by atoms with E-state index in [1.54, 1.807) is 0 Å². The number of aryl methyl sites for hydroxylation is 2. The molecule has 0 radical (unpaired) electrons. The Morgan fingerprint density at radius 2 is 1.85 bits per heavy atom. The molecule has 0 spiro atoms. The summed E-state index contributed by atoms with van der Waals surface area (Å²) in [5.74, 6) is 0.884. The Morgan fingerprint density at radius 1 is 1.10 bits per heavy atom. The molecule has 3 heteroatoms. The molecular weight excluding hydrogens is 270 g/mol. The lowest BCUT2D eigenvalue weighted by atomic mass is 10.2. The Labute approximate surface area is 123 Å². The number of aromatic nitrogens is 1. The summed E-state index contributed by atoms with van der Waals surface area (Å²) < 4.78 is 7.95. The van der Waals surface area contributed by atoms with Crippen molar-refractivity contribution in [2.75, 3.05) is 0 Å². The van der Waals surface area contributed by atoms with Gasteiger partial charge in [-0.2, -0.15) is 0 Å². The molecule has 0 unspecified atom stereocenters. The summed E-state index contributed by atoms with van der Waals surface area (Å²) in [5.41, 5.74) is 3.54. The second-order valence-electron chi connectivity index (χ2n) is 5.03. The van der Waals surface area contributed by atoms with E-state index in [0.717, 1.165) is 27.2 Å². The first kappa shape index (κ1) is 13.1. The van der Waals surface area contributed by atoms with Gasteiger partial charge in [0.05, 0.1) is 0 Å². The van der Waals surface area contributed by atoms with Gasteiger partial charge in [-0.1, -0.05) is 29.3 Å². The fourth-order valence-electron chi connectivity index (χ4n) is 2.36. The van der Waals surface area contributed by atoms with E-state index in [4.69, 9.17) is 16.3 Å². The molecule has 0 aliphatic carbocycles. The number of ether oxygens (including phenoxy) is 1. The van der Waals surface area contributed by atoms with Crippen molar-refractivity contribution < 1.29 is 4.74 Å². The fourth-order valence-corrected chi connectivity index (χ4v) is 2.53. The van der Waals surface area contributed by atoms with Gasteiger partial charge in [-0.05, 0) is 37.3 Å². The fraction of sp³-hybridized carbons (Fsp3) is 0.176. The van der Waals surface area contributed by atoms with Crippen LogP contribution in [0, 0.1) is 6.92 Å². The molecule has 0 fully saturated rings. The molecule has 102 valence electrons. The lowest BCUT2D eigenvalue weighted by Crippen LogP contribution is -1.94. The van der Waals surface area contributed by atoms with E-state index in [9.17, 15) is 0 Å². The van der Waals surface area contributed by atoms with Crippen molar-refractivity contribution in [3.8, 4) is 5.75 Å². The van der Waals surface area contributed by atoms with Crippen LogP contribution in [0.5, 0.6) is 5.75 Å². The maximum atomic E-state index is 6.08. The van der Waals surface area contributed by atoms with Gasteiger partial charge in [0.2, 0.25) is 0 Å². The molecule has 0 N–H and O–H groups in total. The molecule has 0 aliphatic heterocycles. The van der Waals surface area contributed by atoms with Gasteiger partial charge in [-0.25, -0.2) is 0 Å². The highest BCUT2D eigenvalue weighted by Gasteiger charge is 2.07. The summed E-state index contributed by atoms with van der Waals surface area (Å²) in [6.07, 6.45) is 2.09. The lowest BCUT2D eigenvalue weighted by molar-refractivity contribution is 0.307. The molecule has 20 heavy (non-hydrogen) atoms. The third kappa shape index (κ3) is 2.52. The summed E-state index contributed by atoms with van der Waals surface area (Å²) in [5, 5.41) is 1.90. The lowest BCUT2D eigenvalue weighted by Gasteiger charge is -2.05. The molecule has 0 atom stereocenters. The van der Waals surface area contributed by atoms with E-state index < -0.39 is 0 Å². The highest BCUT2D eigenvalue weighted by Crippen LogP contribution is 2.25. The molecule has 0 saturated carbocycles. The zero-order chi connectivity index (χ0) is 14.1. The van der Waals surface area contributed by atoms with Crippen LogP contribution in [0.4, 0.5) is 0 Å². The molecule has 0 saturated heterocycles. The first-order chi connectivity index (χ1) is 9.63. The minimum atomic E-state index is 0.542. The number of nitrogens with zero attached hydrogens (tertiary/aromatic N) is 1. The zero-order valence-corrected chi connectivity index (χ0v) is 12.3. The number of benzene rings is 2. The Balaban J connectivity index is 1.87. The van der Waals surface area contributed by atoms with Crippen LogP contribution in [-0.4, -0.2) is 4.57 Å². The standard InChI is InChI=1S/C17H16ClNO/c1-12-3-6-15(7-4-12)20-11-13-10-19(2)17-8-5-14(18)9-16(13)17/h3-10H,11H2,1-2H3. The van der Waals surface area contributed by atoms with E-state index in [-0.39, 0.29) is 0 Å². The van der Waals surface area contributed by atoms with Crippen molar-refractivity contribution in [1.29, 1.82) is 0 Å². The van der Waals surface area contributed by atoms with Crippen LogP contribution in [0.1, 0.15) is 11.1 Å². The Kier molecular flexibility index (Phi) is 3.41. The summed E-state index contributed by atoms with van der Waals surface area (Å²) >= 11 is 6.08. The van der Waals surface area contributed by atoms with E-state index in [1.807, 2.05) is 37.4 Å². The Bertz CT molecular complexity index is 744. The highest BCUT2D eigenvalue weighted by molar-refractivity contribution is 6.31. The van der Waals surface area contributed by atoms with Gasteiger partial charge in [-0.3, -0.25) is 0 Å². The summed E-state index contributed by atoms with van der Waals surface area (Å²) in [6, 6.07) is 14.0. The van der Waals surface area contributed by atoms with Crippen LogP contribution < -0.4 is 4.74 Å². The van der Waals surface area contributed by atoms with E-state index in [1.165, 1.54) is 5.56 Å². The second-order valence-corrected chi connectivity index (χ2v) is 5.46. The molecule has 0 amide bonds. The Hall–Kier alpha value is -1.93. The topological polar surface area (TPSA) is 14.2 Å². The summed E-state index contributed by atoms with van der Waals surface area (Å²) in [7, 11) is 2.03. The SMILES string of the molecule is Cc1ccc(OCc2cn(C)c3ccc(Cl)cc23)cc1. The Morgan fingerprint density at radius 3 is 2.60 bits per heavy atom. The van der Waals surface area contributed by atoms with Crippen molar-refractivity contribution in [1.82, 2.24) is 4.57 Å². The second kappa shape index (κ2) is 5.22. The van der Waals surface area contributed by atoms with Crippen molar-refractivity contribution in [3.05, 3.63) is 64.8 Å². The van der Waals surface area contributed by atoms with E-state index in [2.05, 4.69) is 29.8 Å². The van der Waals surface area contributed by atoms with Crippen molar-refractivity contribution in [3.63, 3.8) is 0 Å². The quantitative estimate of drug-likeness (QED) is 0.679. The predicted octanol–water partition coefficient (Wildman–Crippen LogP) is 4.72. The number of halogens is 1. The molecule has 3 aromatic rings. The molecule has 3 rings (SSSR count). The third-order valence-electron chi connectivity index (χ3n) is 3.45. The van der Waals surface area contributed by atoms with Gasteiger partial charge >= 0.3 is 0 Å². The number of rotatable bonds is 3. The van der Waals surface area contributed by atoms with Crippen molar-refractivity contribution in [2.24, 2.45) is 7.05 Å². The van der Waals surface area contributed by atoms with Crippen LogP contribution >= 0.6 is 11.6 Å². The maximum Gasteiger partial charge on any atom is 0.119 e. The first-order valence-electron chi connectivity index (χ1n) is 6.56. The van der Waals surface area contributed by atoms with Gasteiger partial charge < -0.3 is 9.30 Å². The minimum Gasteiger partial charge on any atom is -0.489 e. The monoisotopic (exact) mass is 285 g/mol. The molecule has 0 aliphatic rings. The molecule has 2 nitrogen and oxygen atoms in total. The van der Waals surface area contributed by atoms with Crippen LogP contribution in [0.3, 0.4) is 0 Å². The summed E-state index contributed by atoms with van der Waals surface area (Å²) in [6.45, 7) is 2.61. The van der Waals surface area contributed by atoms with Crippen LogP contribution in [0.2, 0.25) is 5.02 Å². The van der Waals surface area contributed by atoms with E-state index in [0.29, 0.717) is 6.61 Å². The van der Waals surface area contributed by atoms with E-state index >= 15 is 0 Å². The molecule has 0 bridgehead atoms. The van der Waals surface area contributed by atoms with Gasteiger partial charge in [0, 0.05) is 34.7 Å². The van der Waals surface area contributed by atoms with Gasteiger partial charge in [-0.15, -0.1) is 0 Å². The molecule has 2 aromatic carbocycles. The number of fused-ring (bicyclic) bond motifs is 1. The predicted molar refractivity (Wildman–Crippen MR) is 83.4 cm³/mol. The highest BCUT2D eigenvalue weighted by atomic mass is 35.5. The van der Waals surface area contributed by atoms with Crippen LogP contribution in [0.15, 0.2) is 48.7 Å².